The zero-order chi connectivity index (χ0) is 11.4. The zero-order valence-corrected chi connectivity index (χ0v) is 10.7. The molecule has 0 amide bonds. The highest BCUT2D eigenvalue weighted by Gasteiger charge is 2.21. The van der Waals surface area contributed by atoms with E-state index >= 15 is 0 Å². The minimum Gasteiger partial charge on any atom is -0.369 e. The van der Waals surface area contributed by atoms with Crippen molar-refractivity contribution in [1.29, 1.82) is 0 Å². The third-order valence-corrected chi connectivity index (χ3v) is 3.62. The van der Waals surface area contributed by atoms with Crippen LogP contribution in [0.5, 0.6) is 0 Å². The Morgan fingerprint density at radius 3 is 3.00 bits per heavy atom. The van der Waals surface area contributed by atoms with Crippen LogP contribution in [0, 0.1) is 0 Å². The van der Waals surface area contributed by atoms with Crippen LogP contribution in [0.1, 0.15) is 39.0 Å². The second-order valence-corrected chi connectivity index (χ2v) is 5.05. The van der Waals surface area contributed by atoms with Crippen LogP contribution in [0.2, 0.25) is 5.02 Å². The van der Waals surface area contributed by atoms with E-state index in [2.05, 4.69) is 30.0 Å². The first kappa shape index (κ1) is 11.8. The zero-order valence-electron chi connectivity index (χ0n) is 9.95. The van der Waals surface area contributed by atoms with Crippen molar-refractivity contribution >= 4 is 17.3 Å². The normalized spacial score (nSPS) is 21.1. The summed E-state index contributed by atoms with van der Waals surface area (Å²) in [7, 11) is 0. The Morgan fingerprint density at radius 1 is 1.38 bits per heavy atom. The molecule has 1 saturated heterocycles. The second-order valence-electron chi connectivity index (χ2n) is 4.61. The van der Waals surface area contributed by atoms with E-state index in [9.17, 15) is 0 Å². The highest BCUT2D eigenvalue weighted by molar-refractivity contribution is 6.30. The summed E-state index contributed by atoms with van der Waals surface area (Å²) in [5, 5.41) is 0.846. The first-order chi connectivity index (χ1) is 7.81. The van der Waals surface area contributed by atoms with Crippen molar-refractivity contribution in [3.63, 3.8) is 0 Å². The number of nitrogens with zero attached hydrogens (tertiary/aromatic N) is 1. The Hall–Kier alpha value is -0.690. The van der Waals surface area contributed by atoms with Crippen LogP contribution in [0.25, 0.3) is 0 Å². The van der Waals surface area contributed by atoms with Gasteiger partial charge in [-0.1, -0.05) is 31.0 Å². The van der Waals surface area contributed by atoms with Gasteiger partial charge in [-0.15, -0.1) is 0 Å². The minimum absolute atomic E-state index is 0.720. The van der Waals surface area contributed by atoms with E-state index in [4.69, 9.17) is 11.6 Å². The second kappa shape index (κ2) is 5.58. The number of hydrogen-bond donors (Lipinski definition) is 0. The summed E-state index contributed by atoms with van der Waals surface area (Å²) in [5.74, 6) is 0. The first-order valence-corrected chi connectivity index (χ1v) is 6.71. The van der Waals surface area contributed by atoms with Crippen molar-refractivity contribution < 1.29 is 0 Å². The van der Waals surface area contributed by atoms with E-state index in [-0.39, 0.29) is 0 Å². The lowest BCUT2D eigenvalue weighted by molar-refractivity contribution is 0.435. The third kappa shape index (κ3) is 2.70. The Labute approximate surface area is 103 Å². The maximum absolute atomic E-state index is 6.06. The Bertz CT molecular complexity index is 335. The molecule has 88 valence electrons. The third-order valence-electron chi connectivity index (χ3n) is 3.39. The molecule has 2 rings (SSSR count). The number of benzene rings is 1. The smallest absolute Gasteiger partial charge is 0.0426 e. The number of hydrogen-bond acceptors (Lipinski definition) is 1. The van der Waals surface area contributed by atoms with Crippen molar-refractivity contribution in [2.75, 3.05) is 11.4 Å². The van der Waals surface area contributed by atoms with E-state index < -0.39 is 0 Å². The van der Waals surface area contributed by atoms with Crippen molar-refractivity contribution in [2.24, 2.45) is 0 Å². The molecule has 1 aromatic carbocycles. The van der Waals surface area contributed by atoms with Gasteiger partial charge in [0.15, 0.2) is 0 Å². The van der Waals surface area contributed by atoms with Crippen molar-refractivity contribution in [3.05, 3.63) is 29.3 Å². The molecule has 16 heavy (non-hydrogen) atoms. The number of rotatable bonds is 3. The Balaban J connectivity index is 2.16. The SMILES string of the molecule is CCC[C@H]1CCCCN1c1cccc(Cl)c1. The lowest BCUT2D eigenvalue weighted by atomic mass is 9.97. The predicted molar refractivity (Wildman–Crippen MR) is 71.3 cm³/mol. The summed E-state index contributed by atoms with van der Waals surface area (Å²) >= 11 is 6.06. The molecule has 2 heteroatoms. The molecule has 1 atom stereocenters. The molecule has 0 aliphatic carbocycles. The topological polar surface area (TPSA) is 3.24 Å². The molecule has 1 fully saturated rings. The van der Waals surface area contributed by atoms with Crippen molar-refractivity contribution in [3.8, 4) is 0 Å². The molecule has 1 heterocycles. The molecule has 1 aliphatic heterocycles. The predicted octanol–water partition coefficient (Wildman–Crippen LogP) is 4.50. The molecule has 1 aliphatic rings. The Morgan fingerprint density at radius 2 is 2.25 bits per heavy atom. The van der Waals surface area contributed by atoms with E-state index in [0.29, 0.717) is 0 Å². The van der Waals surface area contributed by atoms with Crippen LogP contribution in [0.15, 0.2) is 24.3 Å². The van der Waals surface area contributed by atoms with Crippen LogP contribution in [0.4, 0.5) is 5.69 Å². The van der Waals surface area contributed by atoms with E-state index in [0.717, 1.165) is 11.1 Å². The maximum atomic E-state index is 6.06. The van der Waals surface area contributed by atoms with Gasteiger partial charge in [-0.05, 0) is 43.9 Å². The van der Waals surface area contributed by atoms with Gasteiger partial charge in [-0.25, -0.2) is 0 Å². The molecule has 0 N–H and O–H groups in total. The summed E-state index contributed by atoms with van der Waals surface area (Å²) in [6.07, 6.45) is 6.59. The Kier molecular flexibility index (Phi) is 4.11. The molecular weight excluding hydrogens is 218 g/mol. The number of anilines is 1. The van der Waals surface area contributed by atoms with Gasteiger partial charge >= 0.3 is 0 Å². The highest BCUT2D eigenvalue weighted by atomic mass is 35.5. The molecule has 0 saturated carbocycles. The van der Waals surface area contributed by atoms with E-state index in [1.54, 1.807) is 0 Å². The molecular formula is C14H20ClN. The fraction of sp³-hybridized carbons (Fsp3) is 0.571. The molecule has 0 spiro atoms. The molecule has 0 radical (unpaired) electrons. The highest BCUT2D eigenvalue weighted by Crippen LogP contribution is 2.28. The summed E-state index contributed by atoms with van der Waals surface area (Å²) < 4.78 is 0. The molecule has 0 bridgehead atoms. The summed E-state index contributed by atoms with van der Waals surface area (Å²) in [6.45, 7) is 3.45. The average Bonchev–Trinajstić information content (AvgIpc) is 2.30. The van der Waals surface area contributed by atoms with Gasteiger partial charge in [0, 0.05) is 23.3 Å². The summed E-state index contributed by atoms with van der Waals surface area (Å²) in [4.78, 5) is 2.54. The fourth-order valence-corrected chi connectivity index (χ4v) is 2.81. The summed E-state index contributed by atoms with van der Waals surface area (Å²) in [6, 6.07) is 8.99. The summed E-state index contributed by atoms with van der Waals surface area (Å²) in [5.41, 5.74) is 1.30. The maximum Gasteiger partial charge on any atom is 0.0426 e. The monoisotopic (exact) mass is 237 g/mol. The average molecular weight is 238 g/mol. The van der Waals surface area contributed by atoms with Crippen LogP contribution >= 0.6 is 11.6 Å². The van der Waals surface area contributed by atoms with Crippen LogP contribution in [0.3, 0.4) is 0 Å². The van der Waals surface area contributed by atoms with Crippen molar-refractivity contribution in [1.82, 2.24) is 0 Å². The van der Waals surface area contributed by atoms with Crippen molar-refractivity contribution in [2.45, 2.75) is 45.1 Å². The quantitative estimate of drug-likeness (QED) is 0.748. The number of halogens is 1. The van der Waals surface area contributed by atoms with E-state index in [1.165, 1.54) is 44.3 Å². The van der Waals surface area contributed by atoms with Gasteiger partial charge < -0.3 is 4.90 Å². The van der Waals surface area contributed by atoms with Crippen LogP contribution in [-0.4, -0.2) is 12.6 Å². The lowest BCUT2D eigenvalue weighted by Crippen LogP contribution is -2.39. The van der Waals surface area contributed by atoms with Crippen LogP contribution < -0.4 is 4.90 Å². The van der Waals surface area contributed by atoms with Gasteiger partial charge in [0.1, 0.15) is 0 Å². The minimum atomic E-state index is 0.720. The fourth-order valence-electron chi connectivity index (χ4n) is 2.63. The lowest BCUT2D eigenvalue weighted by Gasteiger charge is -2.37. The van der Waals surface area contributed by atoms with Gasteiger partial charge in [0.05, 0.1) is 0 Å². The largest absolute Gasteiger partial charge is 0.369 e. The van der Waals surface area contributed by atoms with Gasteiger partial charge in [0.25, 0.3) is 0 Å². The standard InChI is InChI=1S/C14H20ClN/c1-2-6-13-8-3-4-10-16(13)14-9-5-7-12(15)11-14/h5,7,9,11,13H,2-4,6,8,10H2,1H3/t13-/m0/s1. The number of piperidine rings is 1. The molecule has 1 nitrogen and oxygen atoms in total. The molecule has 0 aromatic heterocycles. The van der Waals surface area contributed by atoms with Crippen LogP contribution in [-0.2, 0) is 0 Å². The first-order valence-electron chi connectivity index (χ1n) is 6.33. The van der Waals surface area contributed by atoms with Gasteiger partial charge in [0.2, 0.25) is 0 Å². The molecule has 1 aromatic rings. The van der Waals surface area contributed by atoms with Gasteiger partial charge in [-0.3, -0.25) is 0 Å². The van der Waals surface area contributed by atoms with Gasteiger partial charge in [-0.2, -0.15) is 0 Å². The van der Waals surface area contributed by atoms with E-state index in [1.807, 2.05) is 6.07 Å². The molecule has 0 unspecified atom stereocenters.